The number of hydrogen-bond acceptors (Lipinski definition) is 9. The van der Waals surface area contributed by atoms with Gasteiger partial charge < -0.3 is 29.5 Å². The van der Waals surface area contributed by atoms with E-state index in [9.17, 15) is 29.7 Å². The zero-order valence-electron chi connectivity index (χ0n) is 24.2. The molecule has 0 aromatic carbocycles. The fourth-order valence-corrected chi connectivity index (χ4v) is 4.84. The summed E-state index contributed by atoms with van der Waals surface area (Å²) in [6.07, 6.45) is 5.16. The summed E-state index contributed by atoms with van der Waals surface area (Å²) >= 11 is 0. The van der Waals surface area contributed by atoms with Crippen LogP contribution in [0, 0.1) is 17.8 Å². The molecule has 0 radical (unpaired) electrons. The molecule has 220 valence electrons. The van der Waals surface area contributed by atoms with E-state index in [2.05, 4.69) is 0 Å². The van der Waals surface area contributed by atoms with Gasteiger partial charge in [0.25, 0.3) is 0 Å². The third-order valence-corrected chi connectivity index (χ3v) is 7.63. The Balaban J connectivity index is 2.17. The van der Waals surface area contributed by atoms with Gasteiger partial charge in [-0.05, 0) is 38.3 Å². The number of carbonyl (C=O) groups excluding carboxylic acids is 3. The monoisotopic (exact) mass is 550 g/mol. The van der Waals surface area contributed by atoms with Crippen LogP contribution < -0.4 is 0 Å². The van der Waals surface area contributed by atoms with Gasteiger partial charge in [0, 0.05) is 31.1 Å². The number of ketones is 1. The van der Waals surface area contributed by atoms with Crippen LogP contribution >= 0.6 is 0 Å². The Morgan fingerprint density at radius 3 is 2.51 bits per heavy atom. The van der Waals surface area contributed by atoms with Gasteiger partial charge in [0.2, 0.25) is 0 Å². The summed E-state index contributed by atoms with van der Waals surface area (Å²) in [7, 11) is 0. The normalized spacial score (nSPS) is 35.6. The number of rotatable bonds is 9. The minimum Gasteiger partial charge on any atom is -0.457 e. The second-order valence-corrected chi connectivity index (χ2v) is 11.3. The molecule has 2 aliphatic rings. The topological polar surface area (TPSA) is 143 Å². The molecule has 9 heteroatoms. The van der Waals surface area contributed by atoms with Gasteiger partial charge in [-0.1, -0.05) is 52.0 Å². The molecule has 2 aliphatic heterocycles. The number of Topliss-reactive ketones (excluding diaryl/α,β-unsaturated/α-hetero) is 1. The van der Waals surface area contributed by atoms with Crippen molar-refractivity contribution in [2.24, 2.45) is 17.8 Å². The van der Waals surface area contributed by atoms with E-state index in [1.54, 1.807) is 24.3 Å². The van der Waals surface area contributed by atoms with Crippen molar-refractivity contribution in [3.8, 4) is 0 Å². The first kappa shape index (κ1) is 32.9. The molecule has 0 spiro atoms. The van der Waals surface area contributed by atoms with E-state index in [1.807, 2.05) is 40.7 Å². The van der Waals surface area contributed by atoms with Crippen LogP contribution in [0.25, 0.3) is 0 Å². The highest BCUT2D eigenvalue weighted by Gasteiger charge is 2.50. The lowest BCUT2D eigenvalue weighted by Crippen LogP contribution is -2.42. The van der Waals surface area contributed by atoms with Crippen molar-refractivity contribution in [1.82, 2.24) is 0 Å². The quantitative estimate of drug-likeness (QED) is 0.171. The maximum atomic E-state index is 12.6. The average Bonchev–Trinajstić information content (AvgIpc) is 3.66. The number of cyclic esters (lactones) is 1. The number of aliphatic hydroxyl groups excluding tert-OH is 2. The first-order valence-corrected chi connectivity index (χ1v) is 13.8. The van der Waals surface area contributed by atoms with Crippen molar-refractivity contribution >= 4 is 17.7 Å². The van der Waals surface area contributed by atoms with Crippen LogP contribution in [0.1, 0.15) is 74.1 Å². The number of hydrogen-bond donors (Lipinski definition) is 3. The van der Waals surface area contributed by atoms with Gasteiger partial charge in [-0.2, -0.15) is 0 Å². The van der Waals surface area contributed by atoms with Crippen molar-refractivity contribution < 1.29 is 43.9 Å². The summed E-state index contributed by atoms with van der Waals surface area (Å²) in [5.41, 5.74) is -0.707. The minimum absolute atomic E-state index is 0.113. The highest BCUT2D eigenvalue weighted by molar-refractivity contribution is 5.81. The van der Waals surface area contributed by atoms with Gasteiger partial charge in [-0.3, -0.25) is 14.4 Å². The molecule has 0 amide bonds. The Morgan fingerprint density at radius 1 is 1.23 bits per heavy atom. The molecule has 3 N–H and O–H groups in total. The first-order valence-electron chi connectivity index (χ1n) is 13.8. The van der Waals surface area contributed by atoms with Crippen LogP contribution in [-0.4, -0.2) is 75.3 Å². The Morgan fingerprint density at radius 2 is 1.90 bits per heavy atom. The standard InChI is InChI=1S/C30H46O9/c1-8-23(33)20(5)28-29(39-28)26(35)17(2)10-9-11-18(3)27-19(4)12-13-24(37-21(6)31)30(7,36)15-14-22(32)16-25(34)38-27/h9-13,17,19-20,22,24,26-29,32,35-36H,8,14-16H2,1-7H3/b10-9+,13-12+,18-11+. The van der Waals surface area contributed by atoms with Crippen molar-refractivity contribution in [1.29, 1.82) is 0 Å². The van der Waals surface area contributed by atoms with E-state index in [0.717, 1.165) is 5.57 Å². The van der Waals surface area contributed by atoms with Gasteiger partial charge in [-0.15, -0.1) is 0 Å². The van der Waals surface area contributed by atoms with Crippen molar-refractivity contribution in [2.75, 3.05) is 0 Å². The molecule has 2 heterocycles. The Bertz CT molecular complexity index is 950. The second-order valence-electron chi connectivity index (χ2n) is 11.3. The number of esters is 2. The van der Waals surface area contributed by atoms with E-state index in [4.69, 9.17) is 14.2 Å². The molecule has 0 aromatic heterocycles. The van der Waals surface area contributed by atoms with Crippen LogP contribution in [0.15, 0.2) is 36.0 Å². The number of allylic oxidation sites excluding steroid dienone is 2. The molecule has 39 heavy (non-hydrogen) atoms. The Hall–Kier alpha value is -2.33. The van der Waals surface area contributed by atoms with Crippen LogP contribution in [0.4, 0.5) is 0 Å². The number of ether oxygens (including phenoxy) is 3. The number of epoxide rings is 1. The van der Waals surface area contributed by atoms with E-state index < -0.39 is 42.0 Å². The molecule has 0 aromatic rings. The number of aliphatic hydroxyl groups is 3. The highest BCUT2D eigenvalue weighted by Crippen LogP contribution is 2.35. The smallest absolute Gasteiger partial charge is 0.309 e. The minimum atomic E-state index is -1.43. The predicted octanol–water partition coefficient (Wildman–Crippen LogP) is 3.20. The Labute approximate surface area is 231 Å². The van der Waals surface area contributed by atoms with E-state index in [0.29, 0.717) is 6.42 Å². The summed E-state index contributed by atoms with van der Waals surface area (Å²) in [5.74, 6) is -1.82. The maximum absolute atomic E-state index is 12.6. The molecule has 0 bridgehead atoms. The largest absolute Gasteiger partial charge is 0.457 e. The fourth-order valence-electron chi connectivity index (χ4n) is 4.84. The van der Waals surface area contributed by atoms with Crippen LogP contribution in [0.5, 0.6) is 0 Å². The molecular formula is C30H46O9. The van der Waals surface area contributed by atoms with E-state index in [-0.39, 0.29) is 55.0 Å². The molecule has 10 unspecified atom stereocenters. The molecule has 2 rings (SSSR count). The summed E-state index contributed by atoms with van der Waals surface area (Å²) in [6.45, 7) is 11.9. The molecule has 10 atom stereocenters. The van der Waals surface area contributed by atoms with Gasteiger partial charge in [0.15, 0.2) is 0 Å². The van der Waals surface area contributed by atoms with Crippen molar-refractivity contribution in [3.63, 3.8) is 0 Å². The fraction of sp³-hybridized carbons (Fsp3) is 0.700. The molecule has 9 nitrogen and oxygen atoms in total. The number of carbonyl (C=O) groups is 3. The highest BCUT2D eigenvalue weighted by atomic mass is 16.6. The van der Waals surface area contributed by atoms with E-state index >= 15 is 0 Å². The van der Waals surface area contributed by atoms with Gasteiger partial charge >= 0.3 is 11.9 Å². The van der Waals surface area contributed by atoms with Gasteiger partial charge in [-0.25, -0.2) is 0 Å². The maximum Gasteiger partial charge on any atom is 0.309 e. The molecule has 1 fully saturated rings. The summed E-state index contributed by atoms with van der Waals surface area (Å²) in [4.78, 5) is 36.2. The van der Waals surface area contributed by atoms with E-state index in [1.165, 1.54) is 13.8 Å². The van der Waals surface area contributed by atoms with Gasteiger partial charge in [0.05, 0.1) is 24.7 Å². The zero-order valence-corrected chi connectivity index (χ0v) is 24.2. The lowest BCUT2D eigenvalue weighted by molar-refractivity contribution is -0.157. The lowest BCUT2D eigenvalue weighted by atomic mass is 9.88. The molecular weight excluding hydrogens is 504 g/mol. The first-order chi connectivity index (χ1) is 18.2. The van der Waals surface area contributed by atoms with Crippen LogP contribution in [0.3, 0.4) is 0 Å². The molecule has 0 aliphatic carbocycles. The van der Waals surface area contributed by atoms with Gasteiger partial charge in [0.1, 0.15) is 29.7 Å². The summed E-state index contributed by atoms with van der Waals surface area (Å²) < 4.78 is 16.7. The van der Waals surface area contributed by atoms with Crippen LogP contribution in [-0.2, 0) is 28.6 Å². The van der Waals surface area contributed by atoms with Crippen molar-refractivity contribution in [3.05, 3.63) is 36.0 Å². The third-order valence-electron chi connectivity index (χ3n) is 7.63. The molecule has 0 saturated carbocycles. The lowest BCUT2D eigenvalue weighted by Gasteiger charge is -2.32. The SMILES string of the molecule is CCC(=O)C(C)C1OC1C(O)C(C)/C=C/C=C(\C)C1OC(=O)CC(O)CCC(C)(O)C(OC(C)=O)/C=C/C1C. The zero-order chi connectivity index (χ0) is 29.5. The second kappa shape index (κ2) is 14.3. The predicted molar refractivity (Wildman–Crippen MR) is 145 cm³/mol. The third kappa shape index (κ3) is 9.67. The summed E-state index contributed by atoms with van der Waals surface area (Å²) in [6, 6.07) is 0. The Kier molecular flexibility index (Phi) is 12.1. The summed E-state index contributed by atoms with van der Waals surface area (Å²) in [5, 5.41) is 32.0. The van der Waals surface area contributed by atoms with Crippen molar-refractivity contribution in [2.45, 2.75) is 116 Å². The van der Waals surface area contributed by atoms with Crippen LogP contribution in [0.2, 0.25) is 0 Å². The molecule has 1 saturated heterocycles. The average molecular weight is 551 g/mol.